The second-order valence-corrected chi connectivity index (χ2v) is 10.8. The molecule has 1 aliphatic rings. The molecule has 152 valence electrons. The first-order valence-corrected chi connectivity index (χ1v) is 11.7. The second-order valence-electron chi connectivity index (χ2n) is 8.15. The number of anilines is 1. The number of ether oxygens (including phenoxy) is 1. The van der Waals surface area contributed by atoms with Crippen molar-refractivity contribution in [1.29, 1.82) is 0 Å². The third kappa shape index (κ3) is 5.60. The Morgan fingerprint density at radius 2 is 1.67 bits per heavy atom. The molecule has 0 aliphatic carbocycles. The molecule has 1 saturated heterocycles. The summed E-state index contributed by atoms with van der Waals surface area (Å²) in [4.78, 5) is 13.9. The first kappa shape index (κ1) is 22.0. The van der Waals surface area contributed by atoms with Crippen LogP contribution in [-0.2, 0) is 14.8 Å². The van der Waals surface area contributed by atoms with Gasteiger partial charge in [0.05, 0.1) is 11.9 Å². The Bertz CT molecular complexity index is 786. The minimum absolute atomic E-state index is 0.182. The smallest absolute Gasteiger partial charge is 0.410 e. The molecule has 0 aromatic heterocycles. The van der Waals surface area contributed by atoms with E-state index in [-0.39, 0.29) is 12.1 Å². The normalized spacial score (nSPS) is 16.3. The summed E-state index contributed by atoms with van der Waals surface area (Å²) in [7, 11) is -3.45. The summed E-state index contributed by atoms with van der Waals surface area (Å²) < 4.78 is 33.0. The van der Waals surface area contributed by atoms with Gasteiger partial charge in [0.15, 0.2) is 0 Å². The van der Waals surface area contributed by atoms with E-state index in [0.717, 1.165) is 15.6 Å². The standard InChI is InChI=1S/C19H29BrN2O4S/c1-13-11-16(12-14(2)17(13)20)22(27(6,24)25)15-7-9-21(10-8-15)18(23)26-19(3,4)5/h11-12,15H,7-10H2,1-6H3. The van der Waals surface area contributed by atoms with E-state index in [0.29, 0.717) is 31.6 Å². The van der Waals surface area contributed by atoms with Crippen molar-refractivity contribution in [3.05, 3.63) is 27.7 Å². The van der Waals surface area contributed by atoms with Crippen LogP contribution in [0.5, 0.6) is 0 Å². The third-order valence-corrected chi connectivity index (χ3v) is 6.96. The van der Waals surface area contributed by atoms with Crippen molar-refractivity contribution in [3.63, 3.8) is 0 Å². The van der Waals surface area contributed by atoms with Crippen LogP contribution in [0.2, 0.25) is 0 Å². The summed E-state index contributed by atoms with van der Waals surface area (Å²) in [6.07, 6.45) is 2.03. The number of halogens is 1. The Morgan fingerprint density at radius 3 is 2.07 bits per heavy atom. The number of rotatable bonds is 3. The average Bonchev–Trinajstić information content (AvgIpc) is 2.50. The van der Waals surface area contributed by atoms with Crippen LogP contribution in [0, 0.1) is 13.8 Å². The molecule has 0 spiro atoms. The van der Waals surface area contributed by atoms with Gasteiger partial charge in [-0.05, 0) is 70.7 Å². The summed E-state index contributed by atoms with van der Waals surface area (Å²) in [6, 6.07) is 3.59. The van der Waals surface area contributed by atoms with E-state index in [1.54, 1.807) is 4.90 Å². The van der Waals surface area contributed by atoms with Crippen molar-refractivity contribution in [1.82, 2.24) is 4.90 Å². The van der Waals surface area contributed by atoms with Crippen LogP contribution < -0.4 is 4.31 Å². The largest absolute Gasteiger partial charge is 0.444 e. The highest BCUT2D eigenvalue weighted by Gasteiger charge is 2.33. The van der Waals surface area contributed by atoms with E-state index in [9.17, 15) is 13.2 Å². The molecule has 27 heavy (non-hydrogen) atoms. The maximum absolute atomic E-state index is 12.6. The fraction of sp³-hybridized carbons (Fsp3) is 0.632. The summed E-state index contributed by atoms with van der Waals surface area (Å²) in [5.41, 5.74) is 2.11. The molecule has 1 fully saturated rings. The number of benzene rings is 1. The highest BCUT2D eigenvalue weighted by molar-refractivity contribution is 9.10. The minimum Gasteiger partial charge on any atom is -0.444 e. The molecular weight excluding hydrogens is 432 g/mol. The number of aryl methyl sites for hydroxylation is 2. The predicted octanol–water partition coefficient (Wildman–Crippen LogP) is 4.23. The van der Waals surface area contributed by atoms with E-state index in [1.165, 1.54) is 10.6 Å². The zero-order valence-corrected chi connectivity index (χ0v) is 19.3. The molecule has 1 aromatic rings. The highest BCUT2D eigenvalue weighted by atomic mass is 79.9. The van der Waals surface area contributed by atoms with Gasteiger partial charge in [-0.25, -0.2) is 13.2 Å². The van der Waals surface area contributed by atoms with E-state index in [2.05, 4.69) is 15.9 Å². The molecule has 1 aromatic carbocycles. The van der Waals surface area contributed by atoms with E-state index >= 15 is 0 Å². The van der Waals surface area contributed by atoms with Crippen LogP contribution >= 0.6 is 15.9 Å². The number of hydrogen-bond acceptors (Lipinski definition) is 4. The zero-order valence-electron chi connectivity index (χ0n) is 16.9. The summed E-state index contributed by atoms with van der Waals surface area (Å²) in [5, 5.41) is 0. The minimum atomic E-state index is -3.45. The molecule has 8 heteroatoms. The molecule has 2 rings (SSSR count). The molecular formula is C19H29BrN2O4S. The van der Waals surface area contributed by atoms with E-state index < -0.39 is 15.6 Å². The van der Waals surface area contributed by atoms with E-state index in [1.807, 2.05) is 46.8 Å². The Kier molecular flexibility index (Phi) is 6.52. The quantitative estimate of drug-likeness (QED) is 0.676. The highest BCUT2D eigenvalue weighted by Crippen LogP contribution is 2.32. The van der Waals surface area contributed by atoms with Gasteiger partial charge in [0, 0.05) is 23.6 Å². The number of amides is 1. The Morgan fingerprint density at radius 1 is 1.19 bits per heavy atom. The maximum atomic E-state index is 12.6. The fourth-order valence-electron chi connectivity index (χ4n) is 3.33. The van der Waals surface area contributed by atoms with Gasteiger partial charge < -0.3 is 9.64 Å². The Balaban J connectivity index is 2.21. The van der Waals surface area contributed by atoms with Gasteiger partial charge in [-0.15, -0.1) is 0 Å². The molecule has 1 aliphatic heterocycles. The average molecular weight is 461 g/mol. The van der Waals surface area contributed by atoms with Crippen molar-refractivity contribution < 1.29 is 17.9 Å². The summed E-state index contributed by atoms with van der Waals surface area (Å²) in [5.74, 6) is 0. The number of likely N-dealkylation sites (tertiary alicyclic amines) is 1. The predicted molar refractivity (Wildman–Crippen MR) is 112 cm³/mol. The first-order chi connectivity index (χ1) is 12.3. The van der Waals surface area contributed by atoms with Crippen LogP contribution in [-0.4, -0.2) is 50.4 Å². The van der Waals surface area contributed by atoms with Crippen LogP contribution in [0.1, 0.15) is 44.7 Å². The lowest BCUT2D eigenvalue weighted by Gasteiger charge is -2.39. The topological polar surface area (TPSA) is 66.9 Å². The van der Waals surface area contributed by atoms with Gasteiger partial charge in [0.25, 0.3) is 0 Å². The van der Waals surface area contributed by atoms with Gasteiger partial charge in [-0.2, -0.15) is 0 Å². The Labute approximate surface area is 171 Å². The van der Waals surface area contributed by atoms with Crippen molar-refractivity contribution >= 4 is 37.7 Å². The van der Waals surface area contributed by atoms with Crippen molar-refractivity contribution in [2.24, 2.45) is 0 Å². The molecule has 0 N–H and O–H groups in total. The molecule has 1 heterocycles. The van der Waals surface area contributed by atoms with Crippen molar-refractivity contribution in [2.45, 2.75) is 59.1 Å². The molecule has 1 amide bonds. The Hall–Kier alpha value is -1.28. The second kappa shape index (κ2) is 7.99. The maximum Gasteiger partial charge on any atom is 0.410 e. The van der Waals surface area contributed by atoms with Crippen molar-refractivity contribution in [3.8, 4) is 0 Å². The van der Waals surface area contributed by atoms with Crippen LogP contribution in [0.15, 0.2) is 16.6 Å². The third-order valence-electron chi connectivity index (χ3n) is 4.48. The summed E-state index contributed by atoms with van der Waals surface area (Å²) >= 11 is 3.53. The molecule has 0 unspecified atom stereocenters. The number of nitrogens with zero attached hydrogens (tertiary/aromatic N) is 2. The van der Waals surface area contributed by atoms with Gasteiger partial charge >= 0.3 is 6.09 Å². The van der Waals surface area contributed by atoms with Gasteiger partial charge in [0.1, 0.15) is 5.60 Å². The van der Waals surface area contributed by atoms with Gasteiger partial charge in [-0.3, -0.25) is 4.31 Å². The summed E-state index contributed by atoms with van der Waals surface area (Å²) in [6.45, 7) is 10.3. The number of carbonyl (C=O) groups excluding carboxylic acids is 1. The molecule has 0 saturated carbocycles. The number of piperidine rings is 1. The number of sulfonamides is 1. The first-order valence-electron chi connectivity index (χ1n) is 9.03. The van der Waals surface area contributed by atoms with Gasteiger partial charge in [-0.1, -0.05) is 15.9 Å². The molecule has 0 radical (unpaired) electrons. The lowest BCUT2D eigenvalue weighted by atomic mass is 10.0. The number of carbonyl (C=O) groups is 1. The zero-order chi connectivity index (χ0) is 20.6. The van der Waals surface area contributed by atoms with Crippen LogP contribution in [0.3, 0.4) is 0 Å². The molecule has 0 atom stereocenters. The fourth-order valence-corrected chi connectivity index (χ4v) is 4.80. The number of hydrogen-bond donors (Lipinski definition) is 0. The van der Waals surface area contributed by atoms with Crippen LogP contribution in [0.25, 0.3) is 0 Å². The van der Waals surface area contributed by atoms with Crippen LogP contribution in [0.4, 0.5) is 10.5 Å². The molecule has 6 nitrogen and oxygen atoms in total. The van der Waals surface area contributed by atoms with Gasteiger partial charge in [0.2, 0.25) is 10.0 Å². The SMILES string of the molecule is Cc1cc(N(C2CCN(C(=O)OC(C)(C)C)CC2)S(C)(=O)=O)cc(C)c1Br. The molecule has 0 bridgehead atoms. The van der Waals surface area contributed by atoms with Crippen molar-refractivity contribution in [2.75, 3.05) is 23.7 Å². The monoisotopic (exact) mass is 460 g/mol. The van der Waals surface area contributed by atoms with E-state index in [4.69, 9.17) is 4.74 Å². The lowest BCUT2D eigenvalue weighted by molar-refractivity contribution is 0.0208. The lowest BCUT2D eigenvalue weighted by Crippen LogP contribution is -2.49.